The average Bonchev–Trinajstić information content (AvgIpc) is 4.21. The first-order chi connectivity index (χ1) is 33.7. The molecule has 71 heavy (non-hydrogen) atoms. The zero-order chi connectivity index (χ0) is 51.0. The molecular weight excluding hydrogens is 895 g/mol. The Bertz CT molecular complexity index is 2520. The van der Waals surface area contributed by atoms with E-state index in [0.29, 0.717) is 13.1 Å². The second kappa shape index (κ2) is 20.2. The van der Waals surface area contributed by atoms with Gasteiger partial charge in [-0.25, -0.2) is 19.6 Å². The first-order valence-electron chi connectivity index (χ1n) is 25.2. The SMILES string of the molecule is COC(=O)NC(C(=O)N1CCCC1c1ncc(-c2ccc(C3CCC(c4ccc(-c5cnc(C6CCCN6C(=O)C(NC(=O)OC)C(C)(C)C)[nH]5)cc4)N3c3ccc(C(C)(C)C)cc3)cc2)[nH]1)C(C)(C)C. The van der Waals surface area contributed by atoms with E-state index < -0.39 is 35.1 Å². The fraction of sp³-hybridized carbons (Fsp3) is 0.500. The van der Waals surface area contributed by atoms with Crippen LogP contribution in [-0.4, -0.2) is 93.1 Å². The van der Waals surface area contributed by atoms with Crippen molar-refractivity contribution in [3.05, 3.63) is 114 Å². The quantitative estimate of drug-likeness (QED) is 0.100. The van der Waals surface area contributed by atoms with E-state index in [1.165, 1.54) is 36.6 Å². The van der Waals surface area contributed by atoms with Gasteiger partial charge in [-0.15, -0.1) is 0 Å². The highest BCUT2D eigenvalue weighted by atomic mass is 16.5. The van der Waals surface area contributed by atoms with Crippen LogP contribution in [0, 0.1) is 10.8 Å². The molecule has 0 bridgehead atoms. The minimum Gasteiger partial charge on any atom is -0.453 e. The van der Waals surface area contributed by atoms with E-state index in [-0.39, 0.29) is 41.4 Å². The number of aromatic amines is 2. The highest BCUT2D eigenvalue weighted by Gasteiger charge is 2.43. The molecular formula is C56H73N9O6. The number of alkyl carbamates (subject to hydrolysis) is 2. The van der Waals surface area contributed by atoms with Crippen LogP contribution in [0.1, 0.15) is 153 Å². The number of nitrogens with zero attached hydrogens (tertiary/aromatic N) is 5. The van der Waals surface area contributed by atoms with Crippen LogP contribution in [0.15, 0.2) is 85.2 Å². The summed E-state index contributed by atoms with van der Waals surface area (Å²) in [6, 6.07) is 24.9. The number of likely N-dealkylation sites (tertiary alicyclic amines) is 2. The molecule has 15 heteroatoms. The Balaban J connectivity index is 1.01. The number of nitrogens with one attached hydrogen (secondary N) is 4. The number of aromatic nitrogens is 4. The number of imidazole rings is 2. The van der Waals surface area contributed by atoms with Crippen LogP contribution in [0.25, 0.3) is 22.5 Å². The van der Waals surface area contributed by atoms with Crippen LogP contribution in [0.4, 0.5) is 15.3 Å². The molecule has 15 nitrogen and oxygen atoms in total. The van der Waals surface area contributed by atoms with E-state index in [4.69, 9.17) is 19.4 Å². The molecule has 0 radical (unpaired) electrons. The largest absolute Gasteiger partial charge is 0.453 e. The lowest BCUT2D eigenvalue weighted by Gasteiger charge is -2.35. The Hall–Kier alpha value is -6.64. The molecule has 0 saturated carbocycles. The molecule has 6 atom stereocenters. The minimum absolute atomic E-state index is 0.0251. The standard InChI is InChI=1S/C56H73N9O6/c1-54(2,3)38-24-26-39(27-25-38)65-42(36-20-16-34(17-21-36)40-32-57-48(59-40)44-14-12-30-63(44)50(66)46(55(4,5)6)61-52(68)70-10)28-29-43(65)37-22-18-35(19-23-37)41-33-58-49(60-41)45-15-13-31-64(45)51(67)47(56(7,8)9)62-53(69)71-11/h16-27,32-33,42-47H,12-15,28-31H2,1-11H3,(H,57,59)(H,58,60)(H,61,68)(H,62,69). The highest BCUT2D eigenvalue weighted by molar-refractivity contribution is 5.88. The Kier molecular flexibility index (Phi) is 14.5. The summed E-state index contributed by atoms with van der Waals surface area (Å²) in [5.41, 5.74) is 7.67. The third-order valence-electron chi connectivity index (χ3n) is 14.6. The van der Waals surface area contributed by atoms with Crippen molar-refractivity contribution in [1.29, 1.82) is 0 Å². The third-order valence-corrected chi connectivity index (χ3v) is 14.6. The second-order valence-corrected chi connectivity index (χ2v) is 22.7. The number of anilines is 1. The van der Waals surface area contributed by atoms with Crippen molar-refractivity contribution in [2.24, 2.45) is 10.8 Å². The van der Waals surface area contributed by atoms with Crippen LogP contribution in [0.5, 0.6) is 0 Å². The van der Waals surface area contributed by atoms with E-state index in [2.05, 4.69) is 119 Å². The van der Waals surface area contributed by atoms with Crippen molar-refractivity contribution in [2.45, 2.75) is 143 Å². The van der Waals surface area contributed by atoms with Gasteiger partial charge in [0.25, 0.3) is 0 Å². The normalized spacial score (nSPS) is 20.5. The van der Waals surface area contributed by atoms with Crippen LogP contribution < -0.4 is 15.5 Å². The Morgan fingerprint density at radius 3 is 1.31 bits per heavy atom. The van der Waals surface area contributed by atoms with E-state index in [1.807, 2.05) is 63.7 Å². The highest BCUT2D eigenvalue weighted by Crippen LogP contribution is 2.48. The summed E-state index contributed by atoms with van der Waals surface area (Å²) in [4.78, 5) is 75.4. The van der Waals surface area contributed by atoms with Crippen LogP contribution in [0.2, 0.25) is 0 Å². The third kappa shape index (κ3) is 10.8. The molecule has 0 spiro atoms. The fourth-order valence-corrected chi connectivity index (χ4v) is 10.6. The molecule has 378 valence electrons. The number of amides is 4. The lowest BCUT2D eigenvalue weighted by Crippen LogP contribution is -2.54. The number of hydrogen-bond donors (Lipinski definition) is 4. The number of carbonyl (C=O) groups excluding carboxylic acids is 4. The van der Waals surface area contributed by atoms with Gasteiger partial charge in [-0.05, 0) is 94.7 Å². The van der Waals surface area contributed by atoms with Gasteiger partial charge in [0, 0.05) is 18.8 Å². The van der Waals surface area contributed by atoms with Crippen molar-refractivity contribution in [3.63, 3.8) is 0 Å². The molecule has 0 aliphatic carbocycles. The molecule has 3 aromatic carbocycles. The van der Waals surface area contributed by atoms with E-state index in [9.17, 15) is 19.2 Å². The van der Waals surface area contributed by atoms with Gasteiger partial charge >= 0.3 is 12.2 Å². The average molecular weight is 968 g/mol. The molecule has 2 aromatic heterocycles. The maximum Gasteiger partial charge on any atom is 0.407 e. The summed E-state index contributed by atoms with van der Waals surface area (Å²) in [5.74, 6) is 1.17. The summed E-state index contributed by atoms with van der Waals surface area (Å²) >= 11 is 0. The van der Waals surface area contributed by atoms with Crippen molar-refractivity contribution >= 4 is 29.7 Å². The summed E-state index contributed by atoms with van der Waals surface area (Å²) < 4.78 is 9.71. The van der Waals surface area contributed by atoms with Gasteiger partial charge in [-0.3, -0.25) is 9.59 Å². The first-order valence-corrected chi connectivity index (χ1v) is 25.2. The Morgan fingerprint density at radius 2 is 0.958 bits per heavy atom. The van der Waals surface area contributed by atoms with Gasteiger partial charge < -0.3 is 44.8 Å². The maximum absolute atomic E-state index is 14.0. The predicted molar refractivity (Wildman–Crippen MR) is 275 cm³/mol. The zero-order valence-electron chi connectivity index (χ0n) is 43.4. The van der Waals surface area contributed by atoms with Crippen LogP contribution >= 0.6 is 0 Å². The monoisotopic (exact) mass is 968 g/mol. The number of methoxy groups -OCH3 is 2. The number of benzene rings is 3. The van der Waals surface area contributed by atoms with Gasteiger partial charge in [0.15, 0.2) is 0 Å². The summed E-state index contributed by atoms with van der Waals surface area (Å²) in [5, 5.41) is 5.54. The number of ether oxygens (including phenoxy) is 2. The molecule has 3 saturated heterocycles. The predicted octanol–water partition coefficient (Wildman–Crippen LogP) is 10.7. The van der Waals surface area contributed by atoms with Gasteiger partial charge in [0.2, 0.25) is 11.8 Å². The van der Waals surface area contributed by atoms with Gasteiger partial charge in [0.1, 0.15) is 23.7 Å². The maximum atomic E-state index is 14.0. The first kappa shape index (κ1) is 50.7. The molecule has 4 amide bonds. The van der Waals surface area contributed by atoms with Gasteiger partial charge in [-0.2, -0.15) is 0 Å². The van der Waals surface area contributed by atoms with Crippen LogP contribution in [0.3, 0.4) is 0 Å². The zero-order valence-corrected chi connectivity index (χ0v) is 43.4. The smallest absolute Gasteiger partial charge is 0.407 e. The molecule has 5 heterocycles. The molecule has 3 aliphatic heterocycles. The summed E-state index contributed by atoms with van der Waals surface area (Å²) in [7, 11) is 2.61. The molecule has 3 aliphatic rings. The second-order valence-electron chi connectivity index (χ2n) is 22.7. The number of hydrogen-bond acceptors (Lipinski definition) is 9. The van der Waals surface area contributed by atoms with E-state index >= 15 is 0 Å². The summed E-state index contributed by atoms with van der Waals surface area (Å²) in [6.45, 7) is 19.5. The lowest BCUT2D eigenvalue weighted by atomic mass is 9.85. The molecule has 8 rings (SSSR count). The molecule has 4 N–H and O–H groups in total. The van der Waals surface area contributed by atoms with Crippen molar-refractivity contribution in [3.8, 4) is 22.5 Å². The number of carbonyl (C=O) groups is 4. The van der Waals surface area contributed by atoms with Crippen molar-refractivity contribution < 1.29 is 28.7 Å². The van der Waals surface area contributed by atoms with E-state index in [0.717, 1.165) is 72.7 Å². The molecule has 5 aromatic rings. The Labute approximate surface area is 418 Å². The van der Waals surface area contributed by atoms with Crippen molar-refractivity contribution in [2.75, 3.05) is 32.2 Å². The fourth-order valence-electron chi connectivity index (χ4n) is 10.6. The van der Waals surface area contributed by atoms with Crippen LogP contribution in [-0.2, 0) is 24.5 Å². The van der Waals surface area contributed by atoms with Gasteiger partial charge in [-0.1, -0.05) is 123 Å². The number of H-pyrrole nitrogens is 2. The topological polar surface area (TPSA) is 178 Å². The van der Waals surface area contributed by atoms with Gasteiger partial charge in [0.05, 0.1) is 62.2 Å². The summed E-state index contributed by atoms with van der Waals surface area (Å²) in [6.07, 6.45) is 7.61. The number of rotatable bonds is 11. The molecule has 3 fully saturated rings. The Morgan fingerprint density at radius 1 is 0.563 bits per heavy atom. The molecule has 6 unspecified atom stereocenters. The lowest BCUT2D eigenvalue weighted by molar-refractivity contribution is -0.137. The minimum atomic E-state index is -0.749. The van der Waals surface area contributed by atoms with Crippen molar-refractivity contribution in [1.82, 2.24) is 40.4 Å². The van der Waals surface area contributed by atoms with E-state index in [1.54, 1.807) is 0 Å².